The molecule has 1 aromatic heterocycles. The minimum atomic E-state index is -0.838. The number of rotatable bonds is 6. The smallest absolute Gasteiger partial charge is 0.274 e. The summed E-state index contributed by atoms with van der Waals surface area (Å²) >= 11 is 0. The lowest BCUT2D eigenvalue weighted by Gasteiger charge is -2.13. The molecule has 7 nitrogen and oxygen atoms in total. The van der Waals surface area contributed by atoms with E-state index in [2.05, 4.69) is 5.10 Å². The third-order valence-electron chi connectivity index (χ3n) is 4.16. The van der Waals surface area contributed by atoms with E-state index in [4.69, 9.17) is 14.2 Å². The Bertz CT molecular complexity index is 985. The van der Waals surface area contributed by atoms with Crippen LogP contribution in [0.1, 0.15) is 5.56 Å². The fourth-order valence-electron chi connectivity index (χ4n) is 2.85. The number of aliphatic hydroxyl groups is 1. The fourth-order valence-corrected chi connectivity index (χ4v) is 2.85. The third-order valence-corrected chi connectivity index (χ3v) is 4.16. The van der Waals surface area contributed by atoms with Gasteiger partial charge >= 0.3 is 0 Å². The number of aromatic nitrogens is 2. The average molecular weight is 354 g/mol. The van der Waals surface area contributed by atoms with Crippen molar-refractivity contribution in [3.05, 3.63) is 64.6 Å². The summed E-state index contributed by atoms with van der Waals surface area (Å²) in [5.74, 6) is 1.41. The number of ether oxygens (including phenoxy) is 3. The number of benzene rings is 2. The maximum Gasteiger partial charge on any atom is 0.274 e. The predicted molar refractivity (Wildman–Crippen MR) is 94.2 cm³/mol. The topological polar surface area (TPSA) is 82.8 Å². The zero-order valence-electron chi connectivity index (χ0n) is 14.0. The molecule has 0 saturated heterocycles. The van der Waals surface area contributed by atoms with Crippen molar-refractivity contribution in [2.45, 2.75) is 19.3 Å². The van der Waals surface area contributed by atoms with Crippen LogP contribution in [0.15, 0.2) is 53.5 Å². The van der Waals surface area contributed by atoms with E-state index in [0.717, 1.165) is 16.7 Å². The molecular formula is C19H18N2O5. The molecule has 1 aliphatic heterocycles. The number of fused-ring (bicyclic) bond motifs is 2. The number of hydrogen-bond acceptors (Lipinski definition) is 6. The third kappa shape index (κ3) is 3.40. The van der Waals surface area contributed by atoms with Crippen molar-refractivity contribution in [3.8, 4) is 11.5 Å². The quantitative estimate of drug-likeness (QED) is 0.726. The van der Waals surface area contributed by atoms with Crippen molar-refractivity contribution < 1.29 is 19.3 Å². The summed E-state index contributed by atoms with van der Waals surface area (Å²) in [5.41, 5.74) is 0.695. The minimum Gasteiger partial charge on any atom is -0.454 e. The molecule has 0 aliphatic carbocycles. The van der Waals surface area contributed by atoms with Crippen LogP contribution in [0.3, 0.4) is 0 Å². The van der Waals surface area contributed by atoms with Crippen molar-refractivity contribution in [3.63, 3.8) is 0 Å². The van der Waals surface area contributed by atoms with Gasteiger partial charge < -0.3 is 19.3 Å². The van der Waals surface area contributed by atoms with E-state index in [1.54, 1.807) is 18.3 Å². The van der Waals surface area contributed by atoms with E-state index in [9.17, 15) is 9.90 Å². The summed E-state index contributed by atoms with van der Waals surface area (Å²) in [4.78, 5) is 12.4. The molecule has 0 bridgehead atoms. The lowest BCUT2D eigenvalue weighted by Crippen LogP contribution is -2.31. The first kappa shape index (κ1) is 16.6. The summed E-state index contributed by atoms with van der Waals surface area (Å²) in [6.45, 7) is 0.722. The van der Waals surface area contributed by atoms with Gasteiger partial charge in [0.25, 0.3) is 5.56 Å². The standard InChI is InChI=1S/C19H18N2O5/c22-15(9-21-19(23)16-4-2-1-3-14(16)8-20-21)11-24-10-13-5-6-17-18(7-13)26-12-25-17/h1-8,15,22H,9-12H2. The summed E-state index contributed by atoms with van der Waals surface area (Å²) in [7, 11) is 0. The Morgan fingerprint density at radius 1 is 1.19 bits per heavy atom. The number of nitrogens with zero attached hydrogens (tertiary/aromatic N) is 2. The van der Waals surface area contributed by atoms with Gasteiger partial charge in [-0.15, -0.1) is 0 Å². The number of hydrogen-bond donors (Lipinski definition) is 1. The Balaban J connectivity index is 1.35. The normalized spacial score (nSPS) is 13.9. The van der Waals surface area contributed by atoms with E-state index in [0.29, 0.717) is 17.7 Å². The van der Waals surface area contributed by atoms with E-state index in [-0.39, 0.29) is 25.5 Å². The molecular weight excluding hydrogens is 336 g/mol. The van der Waals surface area contributed by atoms with Gasteiger partial charge in [-0.1, -0.05) is 24.3 Å². The highest BCUT2D eigenvalue weighted by atomic mass is 16.7. The van der Waals surface area contributed by atoms with Crippen LogP contribution in [0.4, 0.5) is 0 Å². The first-order chi connectivity index (χ1) is 12.7. The zero-order valence-corrected chi connectivity index (χ0v) is 14.0. The van der Waals surface area contributed by atoms with Gasteiger partial charge in [-0.25, -0.2) is 4.68 Å². The molecule has 134 valence electrons. The second-order valence-electron chi connectivity index (χ2n) is 6.08. The molecule has 1 atom stereocenters. The lowest BCUT2D eigenvalue weighted by atomic mass is 10.2. The summed E-state index contributed by atoms with van der Waals surface area (Å²) in [6, 6.07) is 12.8. The fraction of sp³-hybridized carbons (Fsp3) is 0.263. The molecule has 4 rings (SSSR count). The van der Waals surface area contributed by atoms with Crippen LogP contribution >= 0.6 is 0 Å². The molecule has 26 heavy (non-hydrogen) atoms. The van der Waals surface area contributed by atoms with Gasteiger partial charge in [-0.2, -0.15) is 5.10 Å². The Morgan fingerprint density at radius 3 is 2.96 bits per heavy atom. The van der Waals surface area contributed by atoms with E-state index in [1.807, 2.05) is 30.3 Å². The first-order valence-corrected chi connectivity index (χ1v) is 8.30. The Kier molecular flexibility index (Phi) is 4.55. The predicted octanol–water partition coefficient (Wildman–Crippen LogP) is 1.70. The van der Waals surface area contributed by atoms with E-state index >= 15 is 0 Å². The van der Waals surface area contributed by atoms with Gasteiger partial charge in [-0.05, 0) is 23.8 Å². The van der Waals surface area contributed by atoms with Crippen molar-refractivity contribution >= 4 is 10.8 Å². The largest absolute Gasteiger partial charge is 0.454 e. The highest BCUT2D eigenvalue weighted by Crippen LogP contribution is 2.32. The molecule has 7 heteroatoms. The lowest BCUT2D eigenvalue weighted by molar-refractivity contribution is 0.0181. The highest BCUT2D eigenvalue weighted by molar-refractivity contribution is 5.80. The van der Waals surface area contributed by atoms with Gasteiger partial charge in [0.05, 0.1) is 37.4 Å². The van der Waals surface area contributed by atoms with Gasteiger partial charge in [-0.3, -0.25) is 4.79 Å². The van der Waals surface area contributed by atoms with E-state index in [1.165, 1.54) is 4.68 Å². The van der Waals surface area contributed by atoms with Crippen molar-refractivity contribution in [1.29, 1.82) is 0 Å². The molecule has 1 N–H and O–H groups in total. The Hall–Kier alpha value is -2.90. The molecule has 2 aromatic carbocycles. The maximum absolute atomic E-state index is 12.4. The summed E-state index contributed by atoms with van der Waals surface area (Å²) in [6.07, 6.45) is 0.784. The van der Waals surface area contributed by atoms with Gasteiger partial charge in [0, 0.05) is 5.39 Å². The highest BCUT2D eigenvalue weighted by Gasteiger charge is 2.14. The first-order valence-electron chi connectivity index (χ1n) is 8.30. The van der Waals surface area contributed by atoms with Gasteiger partial charge in [0.1, 0.15) is 0 Å². The van der Waals surface area contributed by atoms with Crippen LogP contribution in [0, 0.1) is 0 Å². The molecule has 1 aliphatic rings. The molecule has 0 amide bonds. The molecule has 0 saturated carbocycles. The Morgan fingerprint density at radius 2 is 2.04 bits per heavy atom. The monoisotopic (exact) mass is 354 g/mol. The molecule has 3 aromatic rings. The molecule has 1 unspecified atom stereocenters. The summed E-state index contributed by atoms with van der Waals surface area (Å²) < 4.78 is 17.4. The summed E-state index contributed by atoms with van der Waals surface area (Å²) in [5, 5.41) is 15.6. The van der Waals surface area contributed by atoms with Crippen LogP contribution in [0.5, 0.6) is 11.5 Å². The number of aliphatic hydroxyl groups excluding tert-OH is 1. The minimum absolute atomic E-state index is 0.0742. The molecule has 0 fully saturated rings. The van der Waals surface area contributed by atoms with Crippen LogP contribution < -0.4 is 15.0 Å². The van der Waals surface area contributed by atoms with Crippen molar-refractivity contribution in [2.24, 2.45) is 0 Å². The van der Waals surface area contributed by atoms with Crippen molar-refractivity contribution in [2.75, 3.05) is 13.4 Å². The second-order valence-corrected chi connectivity index (χ2v) is 6.08. The Labute approximate surface area is 149 Å². The van der Waals surface area contributed by atoms with Crippen LogP contribution in [0.25, 0.3) is 10.8 Å². The molecule has 0 radical (unpaired) electrons. The SMILES string of the molecule is O=c1c2ccccc2cnn1CC(O)COCc1ccc2c(c1)OCO2. The van der Waals surface area contributed by atoms with Crippen LogP contribution in [0.2, 0.25) is 0 Å². The second kappa shape index (κ2) is 7.15. The van der Waals surface area contributed by atoms with Crippen LogP contribution in [-0.4, -0.2) is 34.4 Å². The van der Waals surface area contributed by atoms with Gasteiger partial charge in [0.2, 0.25) is 6.79 Å². The molecule has 0 spiro atoms. The maximum atomic E-state index is 12.4. The van der Waals surface area contributed by atoms with Gasteiger partial charge in [0.15, 0.2) is 11.5 Å². The van der Waals surface area contributed by atoms with Crippen LogP contribution in [-0.2, 0) is 17.9 Å². The van der Waals surface area contributed by atoms with Crippen molar-refractivity contribution in [1.82, 2.24) is 9.78 Å². The molecule has 2 heterocycles. The average Bonchev–Trinajstić information content (AvgIpc) is 3.12. The zero-order chi connectivity index (χ0) is 17.9. The van der Waals surface area contributed by atoms with E-state index < -0.39 is 6.10 Å².